The molecule has 1 aromatic carbocycles. The van der Waals surface area contributed by atoms with Crippen LogP contribution in [0.5, 0.6) is 0 Å². The molecule has 0 bridgehead atoms. The SMILES string of the molecule is CCn1cc(Br)cc1C(=O)Nc1ccccc1C(=O)O. The smallest absolute Gasteiger partial charge is 0.337 e. The molecule has 0 saturated carbocycles. The van der Waals surface area contributed by atoms with Gasteiger partial charge in [-0.2, -0.15) is 0 Å². The highest BCUT2D eigenvalue weighted by Gasteiger charge is 2.16. The normalized spacial score (nSPS) is 10.3. The van der Waals surface area contributed by atoms with Gasteiger partial charge in [0.15, 0.2) is 0 Å². The number of amides is 1. The molecule has 5 nitrogen and oxygen atoms in total. The highest BCUT2D eigenvalue weighted by atomic mass is 79.9. The fourth-order valence-electron chi connectivity index (χ4n) is 1.89. The molecular weight excluding hydrogens is 324 g/mol. The number of aryl methyl sites for hydroxylation is 1. The van der Waals surface area contributed by atoms with E-state index in [-0.39, 0.29) is 17.2 Å². The van der Waals surface area contributed by atoms with Crippen LogP contribution in [-0.2, 0) is 6.54 Å². The average Bonchev–Trinajstić information content (AvgIpc) is 2.80. The Morgan fingerprint density at radius 3 is 2.70 bits per heavy atom. The fourth-order valence-corrected chi connectivity index (χ4v) is 2.36. The van der Waals surface area contributed by atoms with Gasteiger partial charge in [-0.15, -0.1) is 0 Å². The minimum atomic E-state index is -1.08. The number of carbonyl (C=O) groups is 2. The minimum Gasteiger partial charge on any atom is -0.478 e. The first-order chi connectivity index (χ1) is 9.52. The van der Waals surface area contributed by atoms with Crippen LogP contribution in [0, 0.1) is 0 Å². The van der Waals surface area contributed by atoms with E-state index in [0.717, 1.165) is 4.47 Å². The largest absolute Gasteiger partial charge is 0.478 e. The van der Waals surface area contributed by atoms with E-state index in [1.165, 1.54) is 6.07 Å². The number of rotatable bonds is 4. The van der Waals surface area contributed by atoms with Crippen molar-refractivity contribution in [3.63, 3.8) is 0 Å². The van der Waals surface area contributed by atoms with Crippen molar-refractivity contribution < 1.29 is 14.7 Å². The van der Waals surface area contributed by atoms with Crippen LogP contribution in [0.2, 0.25) is 0 Å². The van der Waals surface area contributed by atoms with Crippen LogP contribution >= 0.6 is 15.9 Å². The van der Waals surface area contributed by atoms with Crippen LogP contribution in [0.25, 0.3) is 0 Å². The molecule has 1 amide bonds. The lowest BCUT2D eigenvalue weighted by molar-refractivity contribution is 0.0698. The Labute approximate surface area is 124 Å². The molecule has 0 unspecified atom stereocenters. The number of benzene rings is 1. The van der Waals surface area contributed by atoms with E-state index in [2.05, 4.69) is 21.2 Å². The number of anilines is 1. The number of nitrogens with zero attached hydrogens (tertiary/aromatic N) is 1. The summed E-state index contributed by atoms with van der Waals surface area (Å²) in [7, 11) is 0. The summed E-state index contributed by atoms with van der Waals surface area (Å²) < 4.78 is 2.58. The molecule has 20 heavy (non-hydrogen) atoms. The lowest BCUT2D eigenvalue weighted by atomic mass is 10.2. The number of halogens is 1. The predicted octanol–water partition coefficient (Wildman–Crippen LogP) is 3.22. The quantitative estimate of drug-likeness (QED) is 0.900. The molecule has 104 valence electrons. The van der Waals surface area contributed by atoms with Crippen LogP contribution in [0.3, 0.4) is 0 Å². The van der Waals surface area contributed by atoms with Crippen molar-refractivity contribution in [3.8, 4) is 0 Å². The molecule has 0 aliphatic rings. The molecular formula is C14H13BrN2O3. The van der Waals surface area contributed by atoms with Gasteiger partial charge in [-0.05, 0) is 41.1 Å². The molecule has 0 spiro atoms. The zero-order valence-corrected chi connectivity index (χ0v) is 12.3. The first-order valence-electron chi connectivity index (χ1n) is 6.02. The van der Waals surface area contributed by atoms with Crippen molar-refractivity contribution in [1.29, 1.82) is 0 Å². The number of hydrogen-bond acceptors (Lipinski definition) is 2. The van der Waals surface area contributed by atoms with Gasteiger partial charge >= 0.3 is 5.97 Å². The van der Waals surface area contributed by atoms with E-state index in [1.807, 2.05) is 6.92 Å². The van der Waals surface area contributed by atoms with Crippen molar-refractivity contribution in [1.82, 2.24) is 4.57 Å². The Bertz CT molecular complexity index is 664. The van der Waals surface area contributed by atoms with Crippen LogP contribution in [0.4, 0.5) is 5.69 Å². The van der Waals surface area contributed by atoms with E-state index in [1.54, 1.807) is 35.0 Å². The molecule has 2 aromatic rings. The Balaban J connectivity index is 2.30. The second-order valence-corrected chi connectivity index (χ2v) is 5.05. The van der Waals surface area contributed by atoms with E-state index in [0.29, 0.717) is 12.2 Å². The lowest BCUT2D eigenvalue weighted by Gasteiger charge is -2.09. The molecule has 0 atom stereocenters. The Hall–Kier alpha value is -2.08. The summed E-state index contributed by atoms with van der Waals surface area (Å²) in [5.74, 6) is -1.42. The van der Waals surface area contributed by atoms with Gasteiger partial charge in [-0.1, -0.05) is 12.1 Å². The van der Waals surface area contributed by atoms with E-state index >= 15 is 0 Å². The first kappa shape index (κ1) is 14.3. The molecule has 2 rings (SSSR count). The molecule has 6 heteroatoms. The number of para-hydroxylation sites is 1. The number of carboxylic acid groups (broad SMARTS) is 1. The molecule has 2 N–H and O–H groups in total. The number of carbonyl (C=O) groups excluding carboxylic acids is 1. The second-order valence-electron chi connectivity index (χ2n) is 4.13. The highest BCUT2D eigenvalue weighted by Crippen LogP contribution is 2.19. The van der Waals surface area contributed by atoms with Crippen LogP contribution < -0.4 is 5.32 Å². The molecule has 0 aliphatic heterocycles. The van der Waals surface area contributed by atoms with Crippen molar-refractivity contribution in [2.24, 2.45) is 0 Å². The van der Waals surface area contributed by atoms with Crippen molar-refractivity contribution in [2.75, 3.05) is 5.32 Å². The van der Waals surface area contributed by atoms with Crippen LogP contribution in [0.15, 0.2) is 41.0 Å². The van der Waals surface area contributed by atoms with Gasteiger partial charge in [0.05, 0.1) is 11.3 Å². The first-order valence-corrected chi connectivity index (χ1v) is 6.81. The number of aromatic nitrogens is 1. The van der Waals surface area contributed by atoms with E-state index in [9.17, 15) is 9.59 Å². The van der Waals surface area contributed by atoms with Crippen molar-refractivity contribution in [2.45, 2.75) is 13.5 Å². The topological polar surface area (TPSA) is 71.3 Å². The van der Waals surface area contributed by atoms with E-state index in [4.69, 9.17) is 5.11 Å². The Kier molecular flexibility index (Phi) is 4.24. The molecule has 0 saturated heterocycles. The standard InChI is InChI=1S/C14H13BrN2O3/c1-2-17-8-9(15)7-12(17)13(18)16-11-6-4-3-5-10(11)14(19)20/h3-8H,2H2,1H3,(H,16,18)(H,19,20). The molecule has 0 fully saturated rings. The summed E-state index contributed by atoms with van der Waals surface area (Å²) in [6, 6.07) is 8.01. The fraction of sp³-hybridized carbons (Fsp3) is 0.143. The number of hydrogen-bond donors (Lipinski definition) is 2. The van der Waals surface area contributed by atoms with Gasteiger partial charge in [0, 0.05) is 17.2 Å². The highest BCUT2D eigenvalue weighted by molar-refractivity contribution is 9.10. The maximum atomic E-state index is 12.2. The molecule has 0 radical (unpaired) electrons. The summed E-state index contributed by atoms with van der Waals surface area (Å²) in [6.45, 7) is 2.57. The summed E-state index contributed by atoms with van der Waals surface area (Å²) in [5, 5.41) is 11.7. The van der Waals surface area contributed by atoms with Crippen molar-refractivity contribution >= 4 is 33.5 Å². The zero-order chi connectivity index (χ0) is 14.7. The van der Waals surface area contributed by atoms with Gasteiger partial charge < -0.3 is 15.0 Å². The predicted molar refractivity (Wildman–Crippen MR) is 79.2 cm³/mol. The summed E-state index contributed by atoms with van der Waals surface area (Å²) in [4.78, 5) is 23.3. The second kappa shape index (κ2) is 5.92. The maximum Gasteiger partial charge on any atom is 0.337 e. The van der Waals surface area contributed by atoms with Crippen LogP contribution in [0.1, 0.15) is 27.8 Å². The summed E-state index contributed by atoms with van der Waals surface area (Å²) in [6.07, 6.45) is 1.80. The third-order valence-electron chi connectivity index (χ3n) is 2.84. The average molecular weight is 337 g/mol. The Morgan fingerprint density at radius 2 is 2.05 bits per heavy atom. The van der Waals surface area contributed by atoms with Gasteiger partial charge in [0.2, 0.25) is 0 Å². The van der Waals surface area contributed by atoms with Gasteiger partial charge in [-0.3, -0.25) is 4.79 Å². The minimum absolute atomic E-state index is 0.0644. The Morgan fingerprint density at radius 1 is 1.35 bits per heavy atom. The molecule has 1 heterocycles. The number of nitrogens with one attached hydrogen (secondary N) is 1. The third kappa shape index (κ3) is 2.91. The van der Waals surface area contributed by atoms with Gasteiger partial charge in [0.25, 0.3) is 5.91 Å². The molecule has 0 aliphatic carbocycles. The summed E-state index contributed by atoms with van der Waals surface area (Å²) in [5.41, 5.74) is 0.819. The van der Waals surface area contributed by atoms with Crippen molar-refractivity contribution in [3.05, 3.63) is 52.3 Å². The number of aromatic carboxylic acids is 1. The third-order valence-corrected chi connectivity index (χ3v) is 3.28. The zero-order valence-electron chi connectivity index (χ0n) is 10.8. The number of carboxylic acids is 1. The van der Waals surface area contributed by atoms with E-state index < -0.39 is 5.97 Å². The maximum absolute atomic E-state index is 12.2. The van der Waals surface area contributed by atoms with Gasteiger partial charge in [0.1, 0.15) is 5.69 Å². The molecule has 1 aromatic heterocycles. The summed E-state index contributed by atoms with van der Waals surface area (Å²) >= 11 is 3.32. The van der Waals surface area contributed by atoms with Crippen LogP contribution in [-0.4, -0.2) is 21.6 Å². The lowest BCUT2D eigenvalue weighted by Crippen LogP contribution is -2.18. The van der Waals surface area contributed by atoms with Gasteiger partial charge in [-0.25, -0.2) is 4.79 Å². The monoisotopic (exact) mass is 336 g/mol.